The van der Waals surface area contributed by atoms with Gasteiger partial charge in [-0.25, -0.2) is 9.97 Å². The second kappa shape index (κ2) is 11.5. The van der Waals surface area contributed by atoms with E-state index in [0.29, 0.717) is 0 Å². The van der Waals surface area contributed by atoms with Crippen molar-refractivity contribution >= 4 is 22.8 Å². The zero-order valence-electron chi connectivity index (χ0n) is 19.0. The first kappa shape index (κ1) is 22.1. The maximum absolute atomic E-state index is 4.35. The van der Waals surface area contributed by atoms with Crippen molar-refractivity contribution in [2.75, 3.05) is 57.8 Å². The van der Waals surface area contributed by atoms with Crippen LogP contribution < -0.4 is 15.5 Å². The quantitative estimate of drug-likeness (QED) is 0.306. The first-order valence-electron chi connectivity index (χ1n) is 11.6. The van der Waals surface area contributed by atoms with Gasteiger partial charge in [-0.3, -0.25) is 9.89 Å². The van der Waals surface area contributed by atoms with E-state index in [9.17, 15) is 0 Å². The predicted octanol–water partition coefficient (Wildman–Crippen LogP) is 2.20. The maximum Gasteiger partial charge on any atom is 0.225 e. The van der Waals surface area contributed by atoms with Crippen LogP contribution in [0.3, 0.4) is 0 Å². The van der Waals surface area contributed by atoms with Crippen LogP contribution >= 0.6 is 0 Å². The lowest BCUT2D eigenvalue weighted by atomic mass is 10.2. The molecule has 4 rings (SSSR count). The standard InChI is InChI=1S/C24H34N8/c1-25-23(27-13-6-15-31-16-9-21-7-2-3-8-22(21)31)26-12-5-14-30-17-19-32(20-18-30)24-28-10-4-11-29-24/h2-4,7-11,16H,5-6,12-15,17-20H2,1H3,(H2,25,26,27). The molecule has 32 heavy (non-hydrogen) atoms. The fourth-order valence-corrected chi connectivity index (χ4v) is 4.15. The van der Waals surface area contributed by atoms with Crippen LogP contribution in [0.5, 0.6) is 0 Å². The molecule has 8 nitrogen and oxygen atoms in total. The molecule has 0 radical (unpaired) electrons. The van der Waals surface area contributed by atoms with Crippen molar-refractivity contribution in [2.24, 2.45) is 4.99 Å². The van der Waals surface area contributed by atoms with Gasteiger partial charge in [0.1, 0.15) is 0 Å². The summed E-state index contributed by atoms with van der Waals surface area (Å²) in [7, 11) is 1.83. The number of aliphatic imine (C=N–C) groups is 1. The molecule has 1 aromatic carbocycles. The Labute approximate surface area is 190 Å². The van der Waals surface area contributed by atoms with E-state index in [1.54, 1.807) is 0 Å². The minimum Gasteiger partial charge on any atom is -0.356 e. The SMILES string of the molecule is CN=C(NCCCN1CCN(c2ncccn2)CC1)NCCCn1ccc2ccccc21. The number of fused-ring (bicyclic) bond motifs is 1. The van der Waals surface area contributed by atoms with Crippen molar-refractivity contribution in [3.63, 3.8) is 0 Å². The summed E-state index contributed by atoms with van der Waals surface area (Å²) >= 11 is 0. The lowest BCUT2D eigenvalue weighted by Gasteiger charge is -2.34. The average molecular weight is 435 g/mol. The van der Waals surface area contributed by atoms with Gasteiger partial charge < -0.3 is 20.1 Å². The van der Waals surface area contributed by atoms with Crippen molar-refractivity contribution in [1.82, 2.24) is 30.1 Å². The van der Waals surface area contributed by atoms with Crippen molar-refractivity contribution in [3.8, 4) is 0 Å². The van der Waals surface area contributed by atoms with Gasteiger partial charge in [-0.2, -0.15) is 0 Å². The number of anilines is 1. The summed E-state index contributed by atoms with van der Waals surface area (Å²) in [6, 6.07) is 12.6. The lowest BCUT2D eigenvalue weighted by Crippen LogP contribution is -2.47. The fourth-order valence-electron chi connectivity index (χ4n) is 4.15. The fraction of sp³-hybridized carbons (Fsp3) is 0.458. The van der Waals surface area contributed by atoms with Gasteiger partial charge in [0, 0.05) is 77.0 Å². The van der Waals surface area contributed by atoms with Gasteiger partial charge in [-0.05, 0) is 43.0 Å². The molecule has 2 aromatic heterocycles. The third-order valence-corrected chi connectivity index (χ3v) is 5.92. The number of piperazine rings is 1. The molecule has 1 saturated heterocycles. The van der Waals surface area contributed by atoms with Crippen LogP contribution in [0.4, 0.5) is 5.95 Å². The van der Waals surface area contributed by atoms with Crippen LogP contribution in [0, 0.1) is 0 Å². The minimum atomic E-state index is 0.841. The highest BCUT2D eigenvalue weighted by Gasteiger charge is 2.18. The number of benzene rings is 1. The second-order valence-corrected chi connectivity index (χ2v) is 8.08. The molecule has 1 fully saturated rings. The number of aryl methyl sites for hydroxylation is 1. The second-order valence-electron chi connectivity index (χ2n) is 8.08. The van der Waals surface area contributed by atoms with Crippen LogP contribution in [-0.4, -0.2) is 78.3 Å². The predicted molar refractivity (Wildman–Crippen MR) is 131 cm³/mol. The minimum absolute atomic E-state index is 0.841. The number of para-hydroxylation sites is 1. The van der Waals surface area contributed by atoms with Crippen molar-refractivity contribution in [2.45, 2.75) is 19.4 Å². The first-order chi connectivity index (χ1) is 15.8. The van der Waals surface area contributed by atoms with E-state index in [4.69, 9.17) is 0 Å². The Hall–Kier alpha value is -3.13. The molecule has 0 saturated carbocycles. The summed E-state index contributed by atoms with van der Waals surface area (Å²) in [6.07, 6.45) is 7.94. The molecule has 3 aromatic rings. The summed E-state index contributed by atoms with van der Waals surface area (Å²) in [5, 5.41) is 8.17. The zero-order valence-corrected chi connectivity index (χ0v) is 19.0. The first-order valence-corrected chi connectivity index (χ1v) is 11.6. The Morgan fingerprint density at radius 3 is 2.38 bits per heavy atom. The van der Waals surface area contributed by atoms with E-state index >= 15 is 0 Å². The van der Waals surface area contributed by atoms with Gasteiger partial charge in [0.2, 0.25) is 5.95 Å². The van der Waals surface area contributed by atoms with E-state index in [1.807, 2.05) is 25.5 Å². The molecule has 0 atom stereocenters. The topological polar surface area (TPSA) is 73.6 Å². The molecule has 3 heterocycles. The van der Waals surface area contributed by atoms with Crippen LogP contribution in [0.1, 0.15) is 12.8 Å². The van der Waals surface area contributed by atoms with Gasteiger partial charge in [0.15, 0.2) is 5.96 Å². The Morgan fingerprint density at radius 1 is 0.906 bits per heavy atom. The Morgan fingerprint density at radius 2 is 1.62 bits per heavy atom. The molecule has 0 spiro atoms. The van der Waals surface area contributed by atoms with Crippen molar-refractivity contribution < 1.29 is 0 Å². The third kappa shape index (κ3) is 5.97. The number of nitrogens with zero attached hydrogens (tertiary/aromatic N) is 6. The van der Waals surface area contributed by atoms with Crippen molar-refractivity contribution in [3.05, 3.63) is 55.0 Å². The van der Waals surface area contributed by atoms with E-state index < -0.39 is 0 Å². The van der Waals surface area contributed by atoms with E-state index in [1.165, 1.54) is 10.9 Å². The molecule has 0 aliphatic carbocycles. The molecule has 1 aliphatic heterocycles. The molecule has 1 aliphatic rings. The van der Waals surface area contributed by atoms with E-state index in [0.717, 1.165) is 77.1 Å². The van der Waals surface area contributed by atoms with Crippen LogP contribution in [0.25, 0.3) is 10.9 Å². The van der Waals surface area contributed by atoms with Gasteiger partial charge in [-0.15, -0.1) is 0 Å². The van der Waals surface area contributed by atoms with Crippen LogP contribution in [-0.2, 0) is 6.54 Å². The molecule has 0 bridgehead atoms. The average Bonchev–Trinajstić information content (AvgIpc) is 3.27. The third-order valence-electron chi connectivity index (χ3n) is 5.92. The van der Waals surface area contributed by atoms with E-state index in [-0.39, 0.29) is 0 Å². The van der Waals surface area contributed by atoms with Crippen LogP contribution in [0.2, 0.25) is 0 Å². The van der Waals surface area contributed by atoms with Gasteiger partial charge in [-0.1, -0.05) is 18.2 Å². The summed E-state index contributed by atoms with van der Waals surface area (Å²) in [5.74, 6) is 1.72. The zero-order chi connectivity index (χ0) is 22.0. The summed E-state index contributed by atoms with van der Waals surface area (Å²) in [4.78, 5) is 17.8. The molecule has 2 N–H and O–H groups in total. The highest BCUT2D eigenvalue weighted by Crippen LogP contribution is 2.15. The highest BCUT2D eigenvalue weighted by atomic mass is 15.3. The molecular formula is C24H34N8. The molecule has 170 valence electrons. The monoisotopic (exact) mass is 434 g/mol. The molecular weight excluding hydrogens is 400 g/mol. The van der Waals surface area contributed by atoms with E-state index in [2.05, 4.69) is 76.5 Å². The summed E-state index contributed by atoms with van der Waals surface area (Å²) < 4.78 is 2.32. The number of rotatable bonds is 9. The largest absolute Gasteiger partial charge is 0.356 e. The van der Waals surface area contributed by atoms with Gasteiger partial charge >= 0.3 is 0 Å². The number of hydrogen-bond acceptors (Lipinski definition) is 5. The number of hydrogen-bond donors (Lipinski definition) is 2. The Bertz CT molecular complexity index is 976. The Kier molecular flexibility index (Phi) is 7.92. The van der Waals surface area contributed by atoms with Crippen LogP contribution in [0.15, 0.2) is 60.0 Å². The maximum atomic E-state index is 4.35. The number of nitrogens with one attached hydrogen (secondary N) is 2. The van der Waals surface area contributed by atoms with Gasteiger partial charge in [0.05, 0.1) is 0 Å². The molecule has 0 amide bonds. The Balaban J connectivity index is 1.08. The smallest absolute Gasteiger partial charge is 0.225 e. The normalized spacial score (nSPS) is 15.3. The van der Waals surface area contributed by atoms with Gasteiger partial charge in [0.25, 0.3) is 0 Å². The summed E-state index contributed by atoms with van der Waals surface area (Å²) in [5.41, 5.74) is 1.30. The molecule has 0 unspecified atom stereocenters. The van der Waals surface area contributed by atoms with Crippen molar-refractivity contribution in [1.29, 1.82) is 0 Å². The number of aromatic nitrogens is 3. The number of guanidine groups is 1. The summed E-state index contributed by atoms with van der Waals surface area (Å²) in [6.45, 7) is 7.98. The molecule has 8 heteroatoms. The lowest BCUT2D eigenvalue weighted by molar-refractivity contribution is 0.254. The highest BCUT2D eigenvalue weighted by molar-refractivity contribution is 5.80.